The fourth-order valence-corrected chi connectivity index (χ4v) is 2.17. The van der Waals surface area contributed by atoms with Crippen molar-refractivity contribution in [2.75, 3.05) is 6.61 Å². The summed E-state index contributed by atoms with van der Waals surface area (Å²) >= 11 is 0. The van der Waals surface area contributed by atoms with Gasteiger partial charge in [0, 0.05) is 0 Å². The van der Waals surface area contributed by atoms with Crippen molar-refractivity contribution in [3.63, 3.8) is 0 Å². The number of thiol groups is 1. The maximum Gasteiger partial charge on any atom is 0.257 e. The average Bonchev–Trinajstić information content (AvgIpc) is 2.35. The van der Waals surface area contributed by atoms with Gasteiger partial charge in [-0.25, -0.2) is 12.8 Å². The molecule has 1 aliphatic rings. The minimum absolute atomic E-state index is 0.331. The summed E-state index contributed by atoms with van der Waals surface area (Å²) in [6, 6.07) is 4.17. The Morgan fingerprint density at radius 1 is 1.56 bits per heavy atom. The van der Waals surface area contributed by atoms with Crippen LogP contribution in [-0.2, 0) is 21.6 Å². The van der Waals surface area contributed by atoms with Crippen molar-refractivity contribution in [2.45, 2.75) is 25.0 Å². The number of hydrogen-bond donors (Lipinski definition) is 2. The summed E-state index contributed by atoms with van der Waals surface area (Å²) < 4.78 is 43.3. The predicted octanol–water partition coefficient (Wildman–Crippen LogP) is 0.423. The van der Waals surface area contributed by atoms with Gasteiger partial charge in [-0.05, 0) is 36.6 Å². The van der Waals surface area contributed by atoms with Gasteiger partial charge in [0.15, 0.2) is 0 Å². The number of aliphatic hydroxyl groups excluding tert-OH is 1. The maximum atomic E-state index is 13.0. The van der Waals surface area contributed by atoms with Gasteiger partial charge in [-0.3, -0.25) is 4.18 Å². The number of ether oxygens (including phenoxy) is 1. The zero-order chi connectivity index (χ0) is 13.1. The lowest BCUT2D eigenvalue weighted by atomic mass is 9.99. The predicted molar refractivity (Wildman–Crippen MR) is 61.4 cm³/mol. The van der Waals surface area contributed by atoms with Gasteiger partial charge >= 0.3 is 0 Å². The fraction of sp³-hybridized carbons (Fsp3) is 0.455. The molecule has 2 atom stereocenters. The second kappa shape index (κ2) is 5.64. The van der Waals surface area contributed by atoms with Crippen LogP contribution in [0.3, 0.4) is 0 Å². The highest BCUT2D eigenvalue weighted by molar-refractivity contribution is 7.67. The highest BCUT2D eigenvalue weighted by atomic mass is 32.2. The van der Waals surface area contributed by atoms with Crippen molar-refractivity contribution in [3.8, 4) is 5.75 Å². The molecule has 0 bridgehead atoms. The maximum absolute atomic E-state index is 13.0. The van der Waals surface area contributed by atoms with Gasteiger partial charge in [0.05, 0.1) is 6.61 Å². The van der Waals surface area contributed by atoms with E-state index in [0.717, 1.165) is 5.56 Å². The van der Waals surface area contributed by atoms with Crippen molar-refractivity contribution in [3.05, 3.63) is 29.6 Å². The largest absolute Gasteiger partial charge is 0.487 e. The van der Waals surface area contributed by atoms with Gasteiger partial charge in [0.2, 0.25) is 0 Å². The molecule has 7 heteroatoms. The monoisotopic (exact) mass is 276 g/mol. The van der Waals surface area contributed by atoms with E-state index in [1.54, 1.807) is 0 Å². The second-order valence-electron chi connectivity index (χ2n) is 4.03. The first kappa shape index (κ1) is 13.3. The number of aliphatic hydroxyl groups is 1. The van der Waals surface area contributed by atoms with Crippen molar-refractivity contribution in [2.24, 2.45) is 0 Å². The van der Waals surface area contributed by atoms with E-state index in [2.05, 4.69) is 4.18 Å². The molecule has 1 aromatic rings. The molecule has 5 nitrogen and oxygen atoms in total. The van der Waals surface area contributed by atoms with E-state index in [9.17, 15) is 17.9 Å². The van der Waals surface area contributed by atoms with Crippen LogP contribution in [0.25, 0.3) is 0 Å². The molecule has 0 unspecified atom stereocenters. The van der Waals surface area contributed by atoms with Crippen molar-refractivity contribution in [1.29, 1.82) is 0 Å². The molecule has 1 N–H and O–H groups in total. The number of fused-ring (bicyclic) bond motifs is 1. The lowest BCUT2D eigenvalue weighted by Gasteiger charge is -2.29. The van der Waals surface area contributed by atoms with Crippen LogP contribution in [0.2, 0.25) is 0 Å². The molecule has 0 aliphatic carbocycles. The topological polar surface area (TPSA) is 72.8 Å². The fourth-order valence-electron chi connectivity index (χ4n) is 1.89. The molecule has 0 fully saturated rings. The Morgan fingerprint density at radius 2 is 2.33 bits per heavy atom. The van der Waals surface area contributed by atoms with Crippen molar-refractivity contribution in [1.82, 2.24) is 0 Å². The van der Waals surface area contributed by atoms with E-state index < -0.39 is 23.2 Å². The molecule has 100 valence electrons. The van der Waals surface area contributed by atoms with Gasteiger partial charge < -0.3 is 9.84 Å². The third kappa shape index (κ3) is 3.18. The van der Waals surface area contributed by atoms with Crippen LogP contribution in [0.5, 0.6) is 5.75 Å². The first-order chi connectivity index (χ1) is 8.56. The average molecular weight is 276 g/mol. The van der Waals surface area contributed by atoms with E-state index in [0.29, 0.717) is 18.6 Å². The van der Waals surface area contributed by atoms with E-state index in [4.69, 9.17) is 4.74 Å². The minimum atomic E-state index is -2.98. The molecule has 0 saturated carbocycles. The molecular weight excluding hydrogens is 263 g/mol. The van der Waals surface area contributed by atoms with Crippen LogP contribution in [0.1, 0.15) is 12.0 Å². The first-order valence-electron chi connectivity index (χ1n) is 5.46. The van der Waals surface area contributed by atoms with Crippen molar-refractivity contribution < 1.29 is 26.8 Å². The molecule has 18 heavy (non-hydrogen) atoms. The SMILES string of the molecule is O=[SH](=O)OC[C@@H](O)[C@@H]1CCc2cc(F)ccc2O1. The second-order valence-corrected chi connectivity index (χ2v) is 4.74. The third-order valence-corrected chi connectivity index (χ3v) is 3.14. The minimum Gasteiger partial charge on any atom is -0.487 e. The molecule has 2 rings (SSSR count). The lowest BCUT2D eigenvalue weighted by Crippen LogP contribution is -2.37. The Kier molecular flexibility index (Phi) is 4.15. The van der Waals surface area contributed by atoms with Gasteiger partial charge in [0.1, 0.15) is 23.8 Å². The van der Waals surface area contributed by atoms with E-state index in [1.807, 2.05) is 0 Å². The van der Waals surface area contributed by atoms with Gasteiger partial charge in [-0.1, -0.05) is 0 Å². The quantitative estimate of drug-likeness (QED) is 0.780. The van der Waals surface area contributed by atoms with E-state index >= 15 is 0 Å². The zero-order valence-electron chi connectivity index (χ0n) is 9.41. The highest BCUT2D eigenvalue weighted by Crippen LogP contribution is 2.29. The number of benzene rings is 1. The molecule has 0 saturated heterocycles. The van der Waals surface area contributed by atoms with E-state index in [-0.39, 0.29) is 12.4 Å². The zero-order valence-corrected chi connectivity index (χ0v) is 10.3. The Bertz CT molecular complexity index is 494. The normalized spacial score (nSPS) is 20.3. The van der Waals surface area contributed by atoms with Crippen LogP contribution < -0.4 is 4.74 Å². The van der Waals surface area contributed by atoms with Gasteiger partial charge in [-0.2, -0.15) is 0 Å². The third-order valence-electron chi connectivity index (χ3n) is 2.78. The molecule has 0 aromatic heterocycles. The summed E-state index contributed by atoms with van der Waals surface area (Å²) in [6.45, 7) is -0.333. The first-order valence-corrected chi connectivity index (χ1v) is 6.56. The smallest absolute Gasteiger partial charge is 0.257 e. The molecule has 1 aromatic carbocycles. The summed E-state index contributed by atoms with van der Waals surface area (Å²) in [5.41, 5.74) is 0.745. The van der Waals surface area contributed by atoms with Crippen LogP contribution in [0.15, 0.2) is 18.2 Å². The summed E-state index contributed by atoms with van der Waals surface area (Å²) in [7, 11) is -2.98. The van der Waals surface area contributed by atoms with Crippen molar-refractivity contribution >= 4 is 11.0 Å². The van der Waals surface area contributed by atoms with Crippen LogP contribution >= 0.6 is 0 Å². The Labute approximate surface area is 105 Å². The molecule has 0 spiro atoms. The molecular formula is C11H13FO5S. The lowest BCUT2D eigenvalue weighted by molar-refractivity contribution is -0.00110. The Balaban J connectivity index is 2.00. The van der Waals surface area contributed by atoms with Crippen LogP contribution in [0.4, 0.5) is 4.39 Å². The molecule has 1 aliphatic heterocycles. The summed E-state index contributed by atoms with van der Waals surface area (Å²) in [4.78, 5) is 0. The van der Waals surface area contributed by atoms with Gasteiger partial charge in [-0.15, -0.1) is 0 Å². The Morgan fingerprint density at radius 3 is 3.06 bits per heavy atom. The van der Waals surface area contributed by atoms with Gasteiger partial charge in [0.25, 0.3) is 11.0 Å². The number of halogens is 1. The molecule has 0 amide bonds. The number of hydrogen-bond acceptors (Lipinski definition) is 5. The Hall–Kier alpha value is -1.18. The summed E-state index contributed by atoms with van der Waals surface area (Å²) in [6.07, 6.45) is -0.524. The highest BCUT2D eigenvalue weighted by Gasteiger charge is 2.26. The molecule has 0 radical (unpaired) electrons. The number of rotatable bonds is 4. The molecule has 1 heterocycles. The van der Waals surface area contributed by atoms with Crippen LogP contribution in [-0.4, -0.2) is 32.3 Å². The van der Waals surface area contributed by atoms with Crippen LogP contribution in [0, 0.1) is 5.82 Å². The number of aryl methyl sites for hydroxylation is 1. The van der Waals surface area contributed by atoms with E-state index in [1.165, 1.54) is 18.2 Å². The standard InChI is InChI=1S/C11H13FO5S/c12-8-2-4-10-7(5-8)1-3-11(17-10)9(13)6-16-18(14)15/h2,4-5,9,11,13,18H,1,3,6H2/t9-,11+/m1/s1. The summed E-state index contributed by atoms with van der Waals surface area (Å²) in [5.74, 6) is 0.182. The summed E-state index contributed by atoms with van der Waals surface area (Å²) in [5, 5.41) is 9.71.